The van der Waals surface area contributed by atoms with Crippen LogP contribution in [0.5, 0.6) is 5.75 Å². The molecule has 0 saturated heterocycles. The van der Waals surface area contributed by atoms with Crippen molar-refractivity contribution in [2.75, 3.05) is 0 Å². The van der Waals surface area contributed by atoms with E-state index in [-0.39, 0.29) is 24.2 Å². The van der Waals surface area contributed by atoms with Crippen molar-refractivity contribution in [2.24, 2.45) is 0 Å². The molecule has 4 aromatic carbocycles. The minimum Gasteiger partial charge on any atom is -0.429 e. The average Bonchev–Trinajstić information content (AvgIpc) is 2.88. The van der Waals surface area contributed by atoms with Crippen molar-refractivity contribution in [1.82, 2.24) is 0 Å². The molecule has 37 heavy (non-hydrogen) atoms. The van der Waals surface area contributed by atoms with Gasteiger partial charge in [-0.05, 0) is 77.1 Å². The number of hydrogen-bond donors (Lipinski definition) is 0. The molecule has 0 radical (unpaired) electrons. The molecule has 0 bridgehead atoms. The van der Waals surface area contributed by atoms with E-state index in [1.165, 1.54) is 31.2 Å². The van der Waals surface area contributed by atoms with Crippen LogP contribution < -0.4 is 4.74 Å². The molecule has 0 saturated carbocycles. The molecule has 0 aliphatic heterocycles. The Kier molecular flexibility index (Phi) is 8.80. The van der Waals surface area contributed by atoms with E-state index in [1.807, 2.05) is 18.2 Å². The molecule has 0 spiro atoms. The molecular weight excluding hydrogens is 483 g/mol. The number of halogens is 5. The van der Waals surface area contributed by atoms with E-state index in [4.69, 9.17) is 0 Å². The fourth-order valence-electron chi connectivity index (χ4n) is 4.57. The van der Waals surface area contributed by atoms with E-state index in [0.717, 1.165) is 35.1 Å². The van der Waals surface area contributed by atoms with E-state index in [1.54, 1.807) is 12.1 Å². The van der Waals surface area contributed by atoms with Crippen molar-refractivity contribution >= 4 is 10.8 Å². The molecule has 6 heteroatoms. The van der Waals surface area contributed by atoms with Crippen LogP contribution in [0.1, 0.15) is 49.3 Å². The van der Waals surface area contributed by atoms with Gasteiger partial charge in [-0.3, -0.25) is 0 Å². The molecule has 0 aliphatic carbocycles. The molecule has 194 valence electrons. The first-order valence-electron chi connectivity index (χ1n) is 12.6. The molecular formula is C31H29F5O. The minimum atomic E-state index is -3.33. The maximum absolute atomic E-state index is 15.2. The van der Waals surface area contributed by atoms with Gasteiger partial charge < -0.3 is 4.74 Å². The van der Waals surface area contributed by atoms with Gasteiger partial charge in [-0.25, -0.2) is 13.2 Å². The van der Waals surface area contributed by atoms with Crippen LogP contribution in [0.25, 0.3) is 21.9 Å². The zero-order valence-electron chi connectivity index (χ0n) is 20.7. The van der Waals surface area contributed by atoms with Crippen LogP contribution in [0.2, 0.25) is 0 Å². The third-order valence-corrected chi connectivity index (χ3v) is 6.59. The summed E-state index contributed by atoms with van der Waals surface area (Å²) in [5, 5.41) is 1.22. The van der Waals surface area contributed by atoms with Crippen molar-refractivity contribution in [2.45, 2.75) is 58.5 Å². The number of ether oxygens (including phenoxy) is 1. The van der Waals surface area contributed by atoms with E-state index >= 15 is 4.39 Å². The Hall–Kier alpha value is -3.41. The fraction of sp³-hybridized carbons (Fsp3) is 0.290. The highest BCUT2D eigenvalue weighted by Crippen LogP contribution is 2.30. The van der Waals surface area contributed by atoms with Gasteiger partial charge >= 0.3 is 6.61 Å². The van der Waals surface area contributed by atoms with E-state index < -0.39 is 24.0 Å². The lowest BCUT2D eigenvalue weighted by molar-refractivity contribution is -0.0546. The van der Waals surface area contributed by atoms with Gasteiger partial charge in [-0.15, -0.1) is 0 Å². The standard InChI is InChI=1S/C31H29F5O/c1-2-3-4-5-6-20-7-10-22(11-8-20)24-15-16-26-25(19-24)14-13-23(29(26)34)12-9-21-17-27(32)30(28(33)18-21)37-31(35)36/h7-8,10-11,13-19,31H,2-6,9,12H2,1H3. The second-order valence-electron chi connectivity index (χ2n) is 9.25. The van der Waals surface area contributed by atoms with E-state index in [9.17, 15) is 17.6 Å². The van der Waals surface area contributed by atoms with Gasteiger partial charge in [0.2, 0.25) is 0 Å². The topological polar surface area (TPSA) is 9.23 Å². The van der Waals surface area contributed by atoms with Crippen LogP contribution in [0, 0.1) is 17.5 Å². The number of fused-ring (bicyclic) bond motifs is 1. The second kappa shape index (κ2) is 12.2. The highest BCUT2D eigenvalue weighted by molar-refractivity contribution is 5.88. The van der Waals surface area contributed by atoms with Crippen molar-refractivity contribution in [3.63, 3.8) is 0 Å². The Morgan fingerprint density at radius 3 is 2.05 bits per heavy atom. The summed E-state index contributed by atoms with van der Waals surface area (Å²) >= 11 is 0. The molecule has 0 aromatic heterocycles. The molecule has 0 amide bonds. The van der Waals surface area contributed by atoms with Crippen LogP contribution in [0.3, 0.4) is 0 Å². The van der Waals surface area contributed by atoms with Crippen LogP contribution >= 0.6 is 0 Å². The maximum Gasteiger partial charge on any atom is 0.387 e. The lowest BCUT2D eigenvalue weighted by Crippen LogP contribution is -2.06. The summed E-state index contributed by atoms with van der Waals surface area (Å²) in [6.45, 7) is -1.13. The molecule has 1 nitrogen and oxygen atoms in total. The largest absolute Gasteiger partial charge is 0.429 e. The Morgan fingerprint density at radius 1 is 0.676 bits per heavy atom. The van der Waals surface area contributed by atoms with Crippen LogP contribution in [-0.4, -0.2) is 6.61 Å². The van der Waals surface area contributed by atoms with Crippen molar-refractivity contribution in [3.8, 4) is 16.9 Å². The third-order valence-electron chi connectivity index (χ3n) is 6.59. The molecule has 0 aliphatic rings. The van der Waals surface area contributed by atoms with Gasteiger partial charge in [0.05, 0.1) is 0 Å². The average molecular weight is 513 g/mol. The van der Waals surface area contributed by atoms with Gasteiger partial charge in [0.1, 0.15) is 5.82 Å². The SMILES string of the molecule is CCCCCCc1ccc(-c2ccc3c(F)c(CCc4cc(F)c(OC(F)F)c(F)c4)ccc3c2)cc1. The highest BCUT2D eigenvalue weighted by Gasteiger charge is 2.17. The molecule has 4 aromatic rings. The van der Waals surface area contributed by atoms with E-state index in [2.05, 4.69) is 35.9 Å². The summed E-state index contributed by atoms with van der Waals surface area (Å²) in [6, 6.07) is 19.4. The normalized spacial score (nSPS) is 11.4. The fourth-order valence-corrected chi connectivity index (χ4v) is 4.57. The van der Waals surface area contributed by atoms with Crippen LogP contribution in [0.4, 0.5) is 22.0 Å². The summed E-state index contributed by atoms with van der Waals surface area (Å²) in [6.07, 6.45) is 6.30. The Labute approximate surface area is 213 Å². The first kappa shape index (κ1) is 26.6. The minimum absolute atomic E-state index is 0.133. The van der Waals surface area contributed by atoms with Gasteiger partial charge in [0.15, 0.2) is 17.4 Å². The van der Waals surface area contributed by atoms with E-state index in [0.29, 0.717) is 10.9 Å². The summed E-state index contributed by atoms with van der Waals surface area (Å²) in [5.41, 5.74) is 4.00. The lowest BCUT2D eigenvalue weighted by Gasteiger charge is -2.11. The second-order valence-corrected chi connectivity index (χ2v) is 9.25. The number of alkyl halides is 2. The number of aryl methyl sites for hydroxylation is 3. The molecule has 4 rings (SSSR count). The first-order valence-corrected chi connectivity index (χ1v) is 12.6. The predicted octanol–water partition coefficient (Wildman–Crippen LogP) is 9.43. The summed E-state index contributed by atoms with van der Waals surface area (Å²) < 4.78 is 71.8. The number of unbranched alkanes of at least 4 members (excludes halogenated alkanes) is 3. The van der Waals surface area contributed by atoms with Crippen molar-refractivity contribution in [3.05, 3.63) is 101 Å². The smallest absolute Gasteiger partial charge is 0.387 e. The van der Waals surface area contributed by atoms with Gasteiger partial charge in [-0.2, -0.15) is 8.78 Å². The van der Waals surface area contributed by atoms with Gasteiger partial charge in [-0.1, -0.05) is 74.7 Å². The Balaban J connectivity index is 1.46. The highest BCUT2D eigenvalue weighted by atomic mass is 19.3. The number of benzene rings is 4. The predicted molar refractivity (Wildman–Crippen MR) is 138 cm³/mol. The zero-order valence-corrected chi connectivity index (χ0v) is 20.7. The van der Waals surface area contributed by atoms with Crippen molar-refractivity contribution in [1.29, 1.82) is 0 Å². The molecule has 0 fully saturated rings. The lowest BCUT2D eigenvalue weighted by atomic mass is 9.96. The van der Waals surface area contributed by atoms with Gasteiger partial charge in [0, 0.05) is 5.39 Å². The van der Waals surface area contributed by atoms with Crippen molar-refractivity contribution < 1.29 is 26.7 Å². The Morgan fingerprint density at radius 2 is 1.38 bits per heavy atom. The number of rotatable bonds is 11. The van der Waals surface area contributed by atoms with Gasteiger partial charge in [0.25, 0.3) is 0 Å². The number of hydrogen-bond acceptors (Lipinski definition) is 1. The molecule has 0 atom stereocenters. The molecule has 0 unspecified atom stereocenters. The summed E-state index contributed by atoms with van der Waals surface area (Å²) in [4.78, 5) is 0. The zero-order chi connectivity index (χ0) is 26.4. The molecule has 0 heterocycles. The van der Waals surface area contributed by atoms with Crippen LogP contribution in [0.15, 0.2) is 66.7 Å². The molecule has 0 N–H and O–H groups in total. The third kappa shape index (κ3) is 6.68. The monoisotopic (exact) mass is 512 g/mol. The Bertz CT molecular complexity index is 1330. The summed E-state index contributed by atoms with van der Waals surface area (Å²) in [7, 11) is 0. The van der Waals surface area contributed by atoms with Crippen LogP contribution in [-0.2, 0) is 19.3 Å². The maximum atomic E-state index is 15.2. The summed E-state index contributed by atoms with van der Waals surface area (Å²) in [5.74, 6) is -3.93. The first-order chi connectivity index (χ1) is 17.9. The quantitative estimate of drug-likeness (QED) is 0.144.